The van der Waals surface area contributed by atoms with E-state index in [9.17, 15) is 13.2 Å². The minimum absolute atomic E-state index is 0.0406. The molecule has 0 heterocycles. The van der Waals surface area contributed by atoms with Gasteiger partial charge >= 0.3 is 0 Å². The fourth-order valence-corrected chi connectivity index (χ4v) is 2.19. The minimum Gasteiger partial charge on any atom is -0.310 e. The van der Waals surface area contributed by atoms with Crippen molar-refractivity contribution < 1.29 is 13.2 Å². The number of benzene rings is 1. The minimum atomic E-state index is -1.38. The zero-order chi connectivity index (χ0) is 12.6. The zero-order valence-electron chi connectivity index (χ0n) is 9.99. The molecule has 0 bridgehead atoms. The molecule has 94 valence electrons. The Balaban J connectivity index is 2.40. The van der Waals surface area contributed by atoms with Gasteiger partial charge in [-0.15, -0.1) is 0 Å². The Morgan fingerprint density at radius 1 is 1.24 bits per heavy atom. The Morgan fingerprint density at radius 3 is 2.41 bits per heavy atom. The van der Waals surface area contributed by atoms with Gasteiger partial charge in [-0.25, -0.2) is 13.2 Å². The normalized spacial score (nSPS) is 19.1. The zero-order valence-corrected chi connectivity index (χ0v) is 9.99. The highest BCUT2D eigenvalue weighted by molar-refractivity contribution is 5.27. The van der Waals surface area contributed by atoms with E-state index in [1.807, 2.05) is 13.8 Å². The van der Waals surface area contributed by atoms with Crippen LogP contribution in [0.3, 0.4) is 0 Å². The van der Waals surface area contributed by atoms with Crippen molar-refractivity contribution in [1.29, 1.82) is 0 Å². The maximum atomic E-state index is 13.7. The number of nitrogens with one attached hydrogen (secondary N) is 1. The summed E-state index contributed by atoms with van der Waals surface area (Å²) >= 11 is 0. The van der Waals surface area contributed by atoms with Crippen LogP contribution in [-0.4, -0.2) is 6.54 Å². The van der Waals surface area contributed by atoms with E-state index < -0.39 is 17.5 Å². The Hall–Kier alpha value is -1.03. The van der Waals surface area contributed by atoms with Gasteiger partial charge in [0, 0.05) is 11.6 Å². The Labute approximate surface area is 99.0 Å². The Morgan fingerprint density at radius 2 is 1.88 bits per heavy atom. The van der Waals surface area contributed by atoms with Crippen LogP contribution in [0.15, 0.2) is 12.1 Å². The summed E-state index contributed by atoms with van der Waals surface area (Å²) in [6.07, 6.45) is 1.95. The second kappa shape index (κ2) is 4.33. The lowest BCUT2D eigenvalue weighted by Crippen LogP contribution is -2.29. The van der Waals surface area contributed by atoms with Crippen molar-refractivity contribution in [2.75, 3.05) is 6.54 Å². The topological polar surface area (TPSA) is 12.0 Å². The third kappa shape index (κ3) is 2.18. The molecule has 1 aliphatic rings. The quantitative estimate of drug-likeness (QED) is 0.797. The molecule has 2 rings (SSSR count). The molecule has 1 nitrogen and oxygen atoms in total. The van der Waals surface area contributed by atoms with E-state index in [2.05, 4.69) is 5.32 Å². The maximum absolute atomic E-state index is 13.7. The van der Waals surface area contributed by atoms with Gasteiger partial charge in [0.1, 0.15) is 0 Å². The third-order valence-corrected chi connectivity index (χ3v) is 3.52. The molecular weight excluding hydrogens is 227 g/mol. The molecule has 0 saturated heterocycles. The molecule has 1 unspecified atom stereocenters. The average Bonchev–Trinajstić information content (AvgIpc) is 3.03. The van der Waals surface area contributed by atoms with E-state index in [1.165, 1.54) is 6.07 Å². The number of hydrogen-bond donors (Lipinski definition) is 1. The Bertz CT molecular complexity index is 427. The van der Waals surface area contributed by atoms with Crippen LogP contribution in [-0.2, 0) is 0 Å². The third-order valence-electron chi connectivity index (χ3n) is 3.52. The Kier molecular flexibility index (Phi) is 3.17. The number of hydrogen-bond acceptors (Lipinski definition) is 1. The maximum Gasteiger partial charge on any atom is 0.194 e. The molecule has 1 aromatic carbocycles. The molecule has 0 radical (unpaired) electrons. The van der Waals surface area contributed by atoms with E-state index in [-0.39, 0.29) is 17.0 Å². The monoisotopic (exact) mass is 243 g/mol. The van der Waals surface area contributed by atoms with Crippen molar-refractivity contribution in [2.24, 2.45) is 5.41 Å². The van der Waals surface area contributed by atoms with E-state index in [4.69, 9.17) is 0 Å². The predicted octanol–water partition coefficient (Wildman–Crippen LogP) is 3.55. The average molecular weight is 243 g/mol. The predicted molar refractivity (Wildman–Crippen MR) is 60.1 cm³/mol. The van der Waals surface area contributed by atoms with Gasteiger partial charge in [0.05, 0.1) is 0 Å². The van der Waals surface area contributed by atoms with Crippen LogP contribution in [0.2, 0.25) is 0 Å². The molecule has 1 atom stereocenters. The second-order valence-corrected chi connectivity index (χ2v) is 4.91. The molecule has 4 heteroatoms. The summed E-state index contributed by atoms with van der Waals surface area (Å²) < 4.78 is 39.8. The summed E-state index contributed by atoms with van der Waals surface area (Å²) in [5, 5.41) is 3.16. The molecule has 1 fully saturated rings. The first-order chi connectivity index (χ1) is 7.99. The van der Waals surface area contributed by atoms with Crippen molar-refractivity contribution in [3.8, 4) is 0 Å². The van der Waals surface area contributed by atoms with Gasteiger partial charge < -0.3 is 5.32 Å². The first-order valence-electron chi connectivity index (χ1n) is 5.86. The summed E-state index contributed by atoms with van der Waals surface area (Å²) in [7, 11) is 0. The lowest BCUT2D eigenvalue weighted by Gasteiger charge is -2.25. The summed E-state index contributed by atoms with van der Waals surface area (Å²) in [6, 6.07) is 2.08. The molecule has 1 saturated carbocycles. The lowest BCUT2D eigenvalue weighted by atomic mass is 9.91. The van der Waals surface area contributed by atoms with Crippen molar-refractivity contribution in [2.45, 2.75) is 32.7 Å². The van der Waals surface area contributed by atoms with Crippen LogP contribution in [0.5, 0.6) is 0 Å². The van der Waals surface area contributed by atoms with Gasteiger partial charge in [-0.05, 0) is 30.9 Å². The van der Waals surface area contributed by atoms with Crippen LogP contribution in [0.25, 0.3) is 0 Å². The standard InChI is InChI=1S/C13H16F3N/c1-3-17-12(13(2)6-7-13)8-4-5-9(14)11(16)10(8)15/h4-5,12,17H,3,6-7H2,1-2H3. The SMILES string of the molecule is CCNC(c1ccc(F)c(F)c1F)C1(C)CC1. The van der Waals surface area contributed by atoms with Crippen LogP contribution in [0.4, 0.5) is 13.2 Å². The number of halogens is 3. The fraction of sp³-hybridized carbons (Fsp3) is 0.538. The summed E-state index contributed by atoms with van der Waals surface area (Å²) in [5.74, 6) is -3.58. The first-order valence-corrected chi connectivity index (χ1v) is 5.86. The van der Waals surface area contributed by atoms with Crippen LogP contribution < -0.4 is 5.32 Å². The molecule has 0 spiro atoms. The molecule has 0 aliphatic heterocycles. The van der Waals surface area contributed by atoms with Gasteiger partial charge in [0.25, 0.3) is 0 Å². The first kappa shape index (κ1) is 12.4. The van der Waals surface area contributed by atoms with Crippen molar-refractivity contribution in [3.05, 3.63) is 35.1 Å². The van der Waals surface area contributed by atoms with Crippen LogP contribution >= 0.6 is 0 Å². The van der Waals surface area contributed by atoms with Crippen LogP contribution in [0, 0.1) is 22.9 Å². The van der Waals surface area contributed by atoms with Gasteiger partial charge in [0.2, 0.25) is 0 Å². The highest BCUT2D eigenvalue weighted by atomic mass is 19.2. The summed E-state index contributed by atoms with van der Waals surface area (Å²) in [4.78, 5) is 0. The highest BCUT2D eigenvalue weighted by Gasteiger charge is 2.46. The van der Waals surface area contributed by atoms with E-state index in [1.54, 1.807) is 0 Å². The van der Waals surface area contributed by atoms with Crippen molar-refractivity contribution in [3.63, 3.8) is 0 Å². The summed E-state index contributed by atoms with van der Waals surface area (Å²) in [5.41, 5.74) is 0.187. The molecular formula is C13H16F3N. The van der Waals surface area contributed by atoms with Gasteiger partial charge in [-0.3, -0.25) is 0 Å². The lowest BCUT2D eigenvalue weighted by molar-refractivity contribution is 0.349. The largest absolute Gasteiger partial charge is 0.310 e. The smallest absolute Gasteiger partial charge is 0.194 e. The van der Waals surface area contributed by atoms with Crippen LogP contribution in [0.1, 0.15) is 38.3 Å². The van der Waals surface area contributed by atoms with E-state index in [0.717, 1.165) is 18.9 Å². The van der Waals surface area contributed by atoms with Crippen molar-refractivity contribution in [1.82, 2.24) is 5.32 Å². The van der Waals surface area contributed by atoms with E-state index >= 15 is 0 Å². The summed E-state index contributed by atoms with van der Waals surface area (Å²) in [6.45, 7) is 4.61. The molecule has 0 amide bonds. The molecule has 0 aromatic heterocycles. The molecule has 1 N–H and O–H groups in total. The molecule has 1 aliphatic carbocycles. The highest BCUT2D eigenvalue weighted by Crippen LogP contribution is 2.54. The van der Waals surface area contributed by atoms with E-state index in [0.29, 0.717) is 6.54 Å². The van der Waals surface area contributed by atoms with Crippen molar-refractivity contribution >= 4 is 0 Å². The molecule has 17 heavy (non-hydrogen) atoms. The number of rotatable bonds is 4. The van der Waals surface area contributed by atoms with Gasteiger partial charge in [-0.2, -0.15) is 0 Å². The fourth-order valence-electron chi connectivity index (χ4n) is 2.19. The van der Waals surface area contributed by atoms with Gasteiger partial charge in [-0.1, -0.05) is 19.9 Å². The second-order valence-electron chi connectivity index (χ2n) is 4.91. The van der Waals surface area contributed by atoms with Gasteiger partial charge in [0.15, 0.2) is 17.5 Å². The molecule has 1 aromatic rings.